The Morgan fingerprint density at radius 3 is 2.76 bits per heavy atom. The first-order valence-corrected chi connectivity index (χ1v) is 6.46. The van der Waals surface area contributed by atoms with Crippen LogP contribution in [0.25, 0.3) is 0 Å². The van der Waals surface area contributed by atoms with E-state index in [9.17, 15) is 4.79 Å². The van der Waals surface area contributed by atoms with Crippen LogP contribution in [0.15, 0.2) is 24.3 Å². The lowest BCUT2D eigenvalue weighted by molar-refractivity contribution is -0.172. The highest BCUT2D eigenvalue weighted by molar-refractivity contribution is 5.74. The first kappa shape index (κ1) is 10.8. The number of esters is 1. The van der Waals surface area contributed by atoms with Crippen molar-refractivity contribution in [2.24, 2.45) is 5.92 Å². The van der Waals surface area contributed by atoms with Crippen LogP contribution in [0.1, 0.15) is 37.3 Å². The Morgan fingerprint density at radius 1 is 1.24 bits per heavy atom. The number of hydrogen-bond donors (Lipinski definition) is 0. The molecule has 0 unspecified atom stereocenters. The second-order valence-corrected chi connectivity index (χ2v) is 5.58. The van der Waals surface area contributed by atoms with Crippen LogP contribution >= 0.6 is 0 Å². The van der Waals surface area contributed by atoms with E-state index in [4.69, 9.17) is 4.74 Å². The van der Waals surface area contributed by atoms with Gasteiger partial charge in [-0.25, -0.2) is 0 Å². The monoisotopic (exact) mass is 230 g/mol. The lowest BCUT2D eigenvalue weighted by atomic mass is 9.86. The molecule has 1 aliphatic carbocycles. The van der Waals surface area contributed by atoms with Gasteiger partial charge in [0.05, 0.1) is 5.92 Å². The fraction of sp³-hybridized carbons (Fsp3) is 0.533. The van der Waals surface area contributed by atoms with E-state index in [1.54, 1.807) is 0 Å². The zero-order valence-corrected chi connectivity index (χ0v) is 10.2. The third kappa shape index (κ3) is 1.97. The summed E-state index contributed by atoms with van der Waals surface area (Å²) in [5, 5.41) is 0. The van der Waals surface area contributed by atoms with Crippen molar-refractivity contribution in [3.63, 3.8) is 0 Å². The van der Waals surface area contributed by atoms with Crippen molar-refractivity contribution in [3.05, 3.63) is 35.4 Å². The number of carbonyl (C=O) groups is 1. The number of ether oxygens (including phenoxy) is 1. The van der Waals surface area contributed by atoms with Gasteiger partial charge in [-0.3, -0.25) is 4.79 Å². The van der Waals surface area contributed by atoms with Crippen molar-refractivity contribution in [2.45, 2.75) is 44.6 Å². The molecule has 0 amide bonds. The van der Waals surface area contributed by atoms with Gasteiger partial charge in [-0.1, -0.05) is 24.3 Å². The fourth-order valence-electron chi connectivity index (χ4n) is 3.00. The molecule has 1 aromatic carbocycles. The molecule has 2 bridgehead atoms. The fourth-order valence-corrected chi connectivity index (χ4v) is 3.00. The van der Waals surface area contributed by atoms with E-state index < -0.39 is 0 Å². The number of benzene rings is 1. The summed E-state index contributed by atoms with van der Waals surface area (Å²) in [4.78, 5) is 12.0. The predicted molar refractivity (Wildman–Crippen MR) is 65.7 cm³/mol. The van der Waals surface area contributed by atoms with Crippen LogP contribution in [-0.2, 0) is 22.4 Å². The highest BCUT2D eigenvalue weighted by Gasteiger charge is 2.39. The Labute approximate surface area is 102 Å². The molecule has 90 valence electrons. The normalized spacial score (nSPS) is 32.1. The largest absolute Gasteiger partial charge is 0.459 e. The second-order valence-electron chi connectivity index (χ2n) is 5.58. The summed E-state index contributed by atoms with van der Waals surface area (Å²) in [6, 6.07) is 8.50. The van der Waals surface area contributed by atoms with Gasteiger partial charge < -0.3 is 4.74 Å². The standard InChI is InChI=1S/C15H18O2/c1-15-8-6-11-4-2-3-5-12(11)10-13(7-9-15)14(16)17-15/h2-5,13H,6-10H2,1H3/t13-,15-/m0/s1. The van der Waals surface area contributed by atoms with Crippen molar-refractivity contribution in [1.82, 2.24) is 0 Å². The Bertz CT molecular complexity index is 452. The highest BCUT2D eigenvalue weighted by Crippen LogP contribution is 2.36. The molecule has 0 radical (unpaired) electrons. The Kier molecular flexibility index (Phi) is 2.46. The smallest absolute Gasteiger partial charge is 0.309 e. The summed E-state index contributed by atoms with van der Waals surface area (Å²) in [6.07, 6.45) is 4.81. The van der Waals surface area contributed by atoms with Crippen LogP contribution in [-0.4, -0.2) is 11.6 Å². The van der Waals surface area contributed by atoms with Gasteiger partial charge in [-0.15, -0.1) is 0 Å². The molecule has 0 saturated carbocycles. The second kappa shape index (κ2) is 3.86. The van der Waals surface area contributed by atoms with Crippen molar-refractivity contribution in [3.8, 4) is 0 Å². The van der Waals surface area contributed by atoms with E-state index in [0.717, 1.165) is 32.1 Å². The van der Waals surface area contributed by atoms with Gasteiger partial charge in [0.15, 0.2) is 0 Å². The van der Waals surface area contributed by atoms with Gasteiger partial charge in [-0.05, 0) is 50.2 Å². The van der Waals surface area contributed by atoms with Crippen molar-refractivity contribution in [2.75, 3.05) is 0 Å². The third-order valence-electron chi connectivity index (χ3n) is 4.21. The van der Waals surface area contributed by atoms with Gasteiger partial charge in [-0.2, -0.15) is 0 Å². The average Bonchev–Trinajstić information content (AvgIpc) is 2.41. The summed E-state index contributed by atoms with van der Waals surface area (Å²) in [7, 11) is 0. The third-order valence-corrected chi connectivity index (χ3v) is 4.21. The van der Waals surface area contributed by atoms with Gasteiger partial charge >= 0.3 is 5.97 Å². The summed E-state index contributed by atoms with van der Waals surface area (Å²) < 4.78 is 5.65. The zero-order valence-electron chi connectivity index (χ0n) is 10.2. The van der Waals surface area contributed by atoms with Crippen molar-refractivity contribution >= 4 is 5.97 Å². The van der Waals surface area contributed by atoms with Gasteiger partial charge in [0, 0.05) is 0 Å². The molecular weight excluding hydrogens is 212 g/mol. The highest BCUT2D eigenvalue weighted by atomic mass is 16.6. The molecule has 2 atom stereocenters. The summed E-state index contributed by atoms with van der Waals surface area (Å²) in [5.74, 6) is 0.0813. The Hall–Kier alpha value is -1.31. The molecule has 0 N–H and O–H groups in total. The topological polar surface area (TPSA) is 26.3 Å². The Balaban J connectivity index is 2.00. The van der Waals surface area contributed by atoms with E-state index in [0.29, 0.717) is 0 Å². The van der Waals surface area contributed by atoms with Crippen LogP contribution in [0.3, 0.4) is 0 Å². The van der Waals surface area contributed by atoms with Crippen LogP contribution in [0, 0.1) is 5.92 Å². The number of aryl methyl sites for hydroxylation is 1. The molecular formula is C15H18O2. The minimum atomic E-state index is -0.231. The zero-order chi connectivity index (χ0) is 11.9. The van der Waals surface area contributed by atoms with Gasteiger partial charge in [0.1, 0.15) is 5.60 Å². The van der Waals surface area contributed by atoms with Gasteiger partial charge in [0.2, 0.25) is 0 Å². The van der Waals surface area contributed by atoms with Crippen LogP contribution in [0.2, 0.25) is 0 Å². The molecule has 2 nitrogen and oxygen atoms in total. The maximum atomic E-state index is 12.0. The first-order valence-electron chi connectivity index (χ1n) is 6.46. The molecule has 0 spiro atoms. The van der Waals surface area contributed by atoms with Crippen LogP contribution in [0.4, 0.5) is 0 Å². The molecule has 2 heterocycles. The lowest BCUT2D eigenvalue weighted by Crippen LogP contribution is -2.40. The van der Waals surface area contributed by atoms with E-state index in [1.165, 1.54) is 11.1 Å². The molecule has 3 aliphatic rings. The molecule has 17 heavy (non-hydrogen) atoms. The number of fused-ring (bicyclic) bond motifs is 3. The van der Waals surface area contributed by atoms with E-state index in [1.807, 2.05) is 0 Å². The lowest BCUT2D eigenvalue weighted by Gasteiger charge is -2.35. The van der Waals surface area contributed by atoms with E-state index in [2.05, 4.69) is 31.2 Å². The number of rotatable bonds is 0. The quantitative estimate of drug-likeness (QED) is 0.641. The summed E-state index contributed by atoms with van der Waals surface area (Å²) >= 11 is 0. The number of carbonyl (C=O) groups excluding carboxylic acids is 1. The summed E-state index contributed by atoms with van der Waals surface area (Å²) in [5.41, 5.74) is 2.50. The molecule has 4 rings (SSSR count). The van der Waals surface area contributed by atoms with Crippen LogP contribution < -0.4 is 0 Å². The molecule has 0 aromatic heterocycles. The minimum absolute atomic E-state index is 0.00968. The summed E-state index contributed by atoms with van der Waals surface area (Å²) in [6.45, 7) is 2.08. The predicted octanol–water partition coefficient (Wildman–Crippen LogP) is 2.89. The van der Waals surface area contributed by atoms with E-state index >= 15 is 0 Å². The minimum Gasteiger partial charge on any atom is -0.459 e. The molecule has 1 fully saturated rings. The molecule has 1 aromatic rings. The van der Waals surface area contributed by atoms with Crippen molar-refractivity contribution in [1.29, 1.82) is 0 Å². The van der Waals surface area contributed by atoms with Crippen LogP contribution in [0.5, 0.6) is 0 Å². The number of hydrogen-bond acceptors (Lipinski definition) is 2. The molecule has 2 aliphatic heterocycles. The molecule has 1 saturated heterocycles. The molecule has 2 heteroatoms. The van der Waals surface area contributed by atoms with Gasteiger partial charge in [0.25, 0.3) is 0 Å². The van der Waals surface area contributed by atoms with E-state index in [-0.39, 0.29) is 17.5 Å². The average molecular weight is 230 g/mol. The van der Waals surface area contributed by atoms with Crippen molar-refractivity contribution < 1.29 is 9.53 Å². The maximum absolute atomic E-state index is 12.0. The first-order chi connectivity index (χ1) is 8.16. The SMILES string of the molecule is C[C@]12CCc3ccccc3C[C@H](CC1)C(=O)O2. The Morgan fingerprint density at radius 2 is 2.00 bits per heavy atom. The maximum Gasteiger partial charge on any atom is 0.309 e.